The largest absolute Gasteiger partial charge is 0.496 e. The zero-order valence-corrected chi connectivity index (χ0v) is 10.3. The number of methoxy groups -OCH3 is 1. The minimum absolute atomic E-state index is 0.704. The van der Waals surface area contributed by atoms with Crippen molar-refractivity contribution in [3.63, 3.8) is 0 Å². The maximum atomic E-state index is 5.70. The molecule has 0 fully saturated rings. The number of thioether (sulfide) groups is 1. The van der Waals surface area contributed by atoms with Gasteiger partial charge in [-0.1, -0.05) is 17.8 Å². The monoisotopic (exact) mass is 247 g/mol. The Labute approximate surface area is 104 Å². The molecule has 0 aliphatic carbocycles. The Hall–Kier alpha value is -1.75. The zero-order chi connectivity index (χ0) is 12.1. The number of nitrogens with two attached hydrogens (primary N) is 1. The van der Waals surface area contributed by atoms with Crippen molar-refractivity contribution in [3.8, 4) is 5.75 Å². The Bertz CT molecular complexity index is 490. The van der Waals surface area contributed by atoms with Crippen molar-refractivity contribution in [1.29, 1.82) is 0 Å². The van der Waals surface area contributed by atoms with E-state index in [1.165, 1.54) is 0 Å². The topological polar surface area (TPSA) is 61.0 Å². The first kappa shape index (κ1) is 11.7. The van der Waals surface area contributed by atoms with Gasteiger partial charge in [-0.15, -0.1) is 0 Å². The number of anilines is 1. The molecule has 0 amide bonds. The SMILES string of the molecule is COc1cc(N)ccc1CSc1cnccn1. The lowest BCUT2D eigenvalue weighted by Crippen LogP contribution is -1.93. The summed E-state index contributed by atoms with van der Waals surface area (Å²) in [5, 5.41) is 0.895. The van der Waals surface area contributed by atoms with Gasteiger partial charge < -0.3 is 10.5 Å². The van der Waals surface area contributed by atoms with E-state index in [0.717, 1.165) is 22.1 Å². The summed E-state index contributed by atoms with van der Waals surface area (Å²) < 4.78 is 5.29. The van der Waals surface area contributed by atoms with E-state index in [1.54, 1.807) is 37.5 Å². The average Bonchev–Trinajstić information content (AvgIpc) is 2.38. The molecule has 88 valence electrons. The summed E-state index contributed by atoms with van der Waals surface area (Å²) in [6, 6.07) is 5.67. The Morgan fingerprint density at radius 3 is 2.94 bits per heavy atom. The van der Waals surface area contributed by atoms with E-state index < -0.39 is 0 Å². The summed E-state index contributed by atoms with van der Waals surface area (Å²) in [6.07, 6.45) is 5.09. The van der Waals surface area contributed by atoms with Crippen LogP contribution in [0, 0.1) is 0 Å². The summed E-state index contributed by atoms with van der Waals surface area (Å²) >= 11 is 1.61. The van der Waals surface area contributed by atoms with Crippen molar-refractivity contribution < 1.29 is 4.74 Å². The normalized spacial score (nSPS) is 10.2. The van der Waals surface area contributed by atoms with Crippen LogP contribution in [0.1, 0.15) is 5.56 Å². The van der Waals surface area contributed by atoms with Crippen LogP contribution in [0.5, 0.6) is 5.75 Å². The molecule has 2 rings (SSSR count). The highest BCUT2D eigenvalue weighted by atomic mass is 32.2. The van der Waals surface area contributed by atoms with Crippen LogP contribution in [-0.4, -0.2) is 17.1 Å². The molecule has 1 heterocycles. The van der Waals surface area contributed by atoms with Gasteiger partial charge in [0, 0.05) is 35.5 Å². The van der Waals surface area contributed by atoms with Crippen molar-refractivity contribution in [2.45, 2.75) is 10.8 Å². The quantitative estimate of drug-likeness (QED) is 0.664. The molecule has 0 atom stereocenters. The number of ether oxygens (including phenoxy) is 1. The van der Waals surface area contributed by atoms with Gasteiger partial charge in [0.25, 0.3) is 0 Å². The van der Waals surface area contributed by atoms with Gasteiger partial charge in [0.15, 0.2) is 0 Å². The lowest BCUT2D eigenvalue weighted by molar-refractivity contribution is 0.411. The fraction of sp³-hybridized carbons (Fsp3) is 0.167. The van der Waals surface area contributed by atoms with E-state index in [9.17, 15) is 0 Å². The van der Waals surface area contributed by atoms with Gasteiger partial charge in [-0.2, -0.15) is 0 Å². The second-order valence-electron chi connectivity index (χ2n) is 3.40. The van der Waals surface area contributed by atoms with Crippen molar-refractivity contribution in [3.05, 3.63) is 42.4 Å². The maximum Gasteiger partial charge on any atom is 0.124 e. The zero-order valence-electron chi connectivity index (χ0n) is 9.46. The molecular formula is C12H13N3OS. The predicted octanol–water partition coefficient (Wildman–Crippen LogP) is 2.36. The number of hydrogen-bond acceptors (Lipinski definition) is 5. The maximum absolute atomic E-state index is 5.70. The number of aromatic nitrogens is 2. The summed E-state index contributed by atoms with van der Waals surface area (Å²) in [7, 11) is 1.64. The summed E-state index contributed by atoms with van der Waals surface area (Å²) in [5.41, 5.74) is 7.50. The van der Waals surface area contributed by atoms with Gasteiger partial charge >= 0.3 is 0 Å². The molecule has 0 bridgehead atoms. The highest BCUT2D eigenvalue weighted by Gasteiger charge is 2.04. The fourth-order valence-corrected chi connectivity index (χ4v) is 2.20. The molecule has 0 unspecified atom stereocenters. The second kappa shape index (κ2) is 5.54. The van der Waals surface area contributed by atoms with Crippen molar-refractivity contribution >= 4 is 17.4 Å². The molecule has 4 nitrogen and oxygen atoms in total. The number of rotatable bonds is 4. The molecule has 0 saturated heterocycles. The van der Waals surface area contributed by atoms with Gasteiger partial charge in [0.05, 0.1) is 13.3 Å². The lowest BCUT2D eigenvalue weighted by atomic mass is 10.2. The Balaban J connectivity index is 2.09. The van der Waals surface area contributed by atoms with E-state index in [1.807, 2.05) is 18.2 Å². The molecule has 0 radical (unpaired) electrons. The molecule has 2 N–H and O–H groups in total. The molecule has 0 spiro atoms. The summed E-state index contributed by atoms with van der Waals surface area (Å²) in [4.78, 5) is 8.22. The Morgan fingerprint density at radius 2 is 2.24 bits per heavy atom. The Morgan fingerprint density at radius 1 is 1.35 bits per heavy atom. The van der Waals surface area contributed by atoms with Gasteiger partial charge in [-0.05, 0) is 6.07 Å². The molecular weight excluding hydrogens is 234 g/mol. The number of benzene rings is 1. The molecule has 0 aliphatic heterocycles. The third-order valence-electron chi connectivity index (χ3n) is 2.23. The highest BCUT2D eigenvalue weighted by Crippen LogP contribution is 2.28. The second-order valence-corrected chi connectivity index (χ2v) is 4.40. The molecule has 5 heteroatoms. The van der Waals surface area contributed by atoms with E-state index in [-0.39, 0.29) is 0 Å². The lowest BCUT2D eigenvalue weighted by Gasteiger charge is -2.08. The minimum Gasteiger partial charge on any atom is -0.496 e. The number of nitrogen functional groups attached to an aromatic ring is 1. The predicted molar refractivity (Wildman–Crippen MR) is 69.0 cm³/mol. The highest BCUT2D eigenvalue weighted by molar-refractivity contribution is 7.98. The van der Waals surface area contributed by atoms with Crippen LogP contribution in [-0.2, 0) is 5.75 Å². The van der Waals surface area contributed by atoms with Gasteiger partial charge in [-0.25, -0.2) is 4.98 Å². The third-order valence-corrected chi connectivity index (χ3v) is 3.19. The van der Waals surface area contributed by atoms with Gasteiger partial charge in [0.2, 0.25) is 0 Å². The number of hydrogen-bond donors (Lipinski definition) is 1. The van der Waals surface area contributed by atoms with Crippen LogP contribution in [0.3, 0.4) is 0 Å². The summed E-state index contributed by atoms with van der Waals surface area (Å²) in [5.74, 6) is 1.59. The summed E-state index contributed by atoms with van der Waals surface area (Å²) in [6.45, 7) is 0. The van der Waals surface area contributed by atoms with E-state index in [2.05, 4.69) is 9.97 Å². The van der Waals surface area contributed by atoms with Gasteiger partial charge in [0.1, 0.15) is 10.8 Å². The van der Waals surface area contributed by atoms with Crippen LogP contribution in [0.15, 0.2) is 41.8 Å². The molecule has 0 aliphatic rings. The van der Waals surface area contributed by atoms with Crippen LogP contribution in [0.4, 0.5) is 5.69 Å². The fourth-order valence-electron chi connectivity index (χ4n) is 1.39. The third kappa shape index (κ3) is 3.10. The van der Waals surface area contributed by atoms with Crippen molar-refractivity contribution in [1.82, 2.24) is 9.97 Å². The average molecular weight is 247 g/mol. The van der Waals surface area contributed by atoms with Crippen LogP contribution >= 0.6 is 11.8 Å². The van der Waals surface area contributed by atoms with E-state index in [4.69, 9.17) is 10.5 Å². The molecule has 1 aromatic heterocycles. The molecule has 17 heavy (non-hydrogen) atoms. The van der Waals surface area contributed by atoms with Crippen molar-refractivity contribution in [2.75, 3.05) is 12.8 Å². The molecule has 0 saturated carbocycles. The van der Waals surface area contributed by atoms with E-state index in [0.29, 0.717) is 5.69 Å². The van der Waals surface area contributed by atoms with Crippen LogP contribution in [0.2, 0.25) is 0 Å². The first-order valence-corrected chi connectivity index (χ1v) is 6.09. The number of nitrogens with zero attached hydrogens (tertiary/aromatic N) is 2. The van der Waals surface area contributed by atoms with E-state index >= 15 is 0 Å². The molecule has 1 aromatic carbocycles. The van der Waals surface area contributed by atoms with Crippen LogP contribution < -0.4 is 10.5 Å². The standard InChI is InChI=1S/C12H13N3OS/c1-16-11-6-10(13)3-2-9(11)8-17-12-7-14-4-5-15-12/h2-7H,8,13H2,1H3. The van der Waals surface area contributed by atoms with Gasteiger partial charge in [-0.3, -0.25) is 4.98 Å². The molecule has 2 aromatic rings. The van der Waals surface area contributed by atoms with Crippen molar-refractivity contribution in [2.24, 2.45) is 0 Å². The van der Waals surface area contributed by atoms with Crippen LogP contribution in [0.25, 0.3) is 0 Å². The smallest absolute Gasteiger partial charge is 0.124 e. The first-order valence-electron chi connectivity index (χ1n) is 5.11. The Kier molecular flexibility index (Phi) is 3.82. The first-order chi connectivity index (χ1) is 8.29. The minimum atomic E-state index is 0.704.